The predicted octanol–water partition coefficient (Wildman–Crippen LogP) is 4.33. The SMILES string of the molecule is COc1cc(Nc2ncc3c(F)cn(-c4ccc5c(n4)C(C)(O)CC5)c3n2)ccc1OC1CCN(C)CC1. The van der Waals surface area contributed by atoms with Crippen LogP contribution in [0.25, 0.3) is 16.9 Å². The molecule has 2 aliphatic rings. The molecule has 1 saturated heterocycles. The van der Waals surface area contributed by atoms with E-state index in [0.717, 1.165) is 37.9 Å². The van der Waals surface area contributed by atoms with Crippen LogP contribution in [0.1, 0.15) is 37.4 Å². The summed E-state index contributed by atoms with van der Waals surface area (Å²) in [6.45, 7) is 3.77. The third-order valence-corrected chi connectivity index (χ3v) is 7.48. The smallest absolute Gasteiger partial charge is 0.229 e. The number of nitrogens with zero attached hydrogens (tertiary/aromatic N) is 5. The Hall–Kier alpha value is -3.76. The highest BCUT2D eigenvalue weighted by atomic mass is 19.1. The number of piperidine rings is 1. The van der Waals surface area contributed by atoms with Gasteiger partial charge in [-0.2, -0.15) is 4.98 Å². The van der Waals surface area contributed by atoms with Crippen LogP contribution in [0.15, 0.2) is 42.7 Å². The maximum absolute atomic E-state index is 14.8. The van der Waals surface area contributed by atoms with Gasteiger partial charge in [-0.15, -0.1) is 0 Å². The molecule has 2 N–H and O–H groups in total. The number of hydrogen-bond donors (Lipinski definition) is 2. The zero-order valence-electron chi connectivity index (χ0n) is 21.7. The van der Waals surface area contributed by atoms with Gasteiger partial charge in [-0.25, -0.2) is 14.4 Å². The zero-order chi connectivity index (χ0) is 26.4. The zero-order valence-corrected chi connectivity index (χ0v) is 21.7. The molecule has 1 atom stereocenters. The molecule has 0 radical (unpaired) electrons. The highest BCUT2D eigenvalue weighted by molar-refractivity contribution is 5.79. The monoisotopic (exact) mass is 518 g/mol. The second-order valence-electron chi connectivity index (χ2n) is 10.3. The van der Waals surface area contributed by atoms with Gasteiger partial charge in [0.25, 0.3) is 0 Å². The number of aromatic nitrogens is 4. The quantitative estimate of drug-likeness (QED) is 0.389. The first-order valence-electron chi connectivity index (χ1n) is 12.9. The van der Waals surface area contributed by atoms with Crippen LogP contribution >= 0.6 is 0 Å². The minimum atomic E-state index is -1.00. The van der Waals surface area contributed by atoms with Crippen LogP contribution in [0.3, 0.4) is 0 Å². The van der Waals surface area contributed by atoms with Crippen LogP contribution in [0.2, 0.25) is 0 Å². The fourth-order valence-electron chi connectivity index (χ4n) is 5.23. The Morgan fingerprint density at radius 2 is 1.95 bits per heavy atom. The third-order valence-electron chi connectivity index (χ3n) is 7.48. The van der Waals surface area contributed by atoms with Gasteiger partial charge < -0.3 is 24.8 Å². The first-order chi connectivity index (χ1) is 18.3. The first kappa shape index (κ1) is 24.6. The highest BCUT2D eigenvalue weighted by Gasteiger charge is 2.34. The van der Waals surface area contributed by atoms with Crippen molar-refractivity contribution in [1.82, 2.24) is 24.4 Å². The molecule has 0 amide bonds. The molecule has 4 heterocycles. The molecule has 0 spiro atoms. The van der Waals surface area contributed by atoms with Gasteiger partial charge in [-0.3, -0.25) is 4.57 Å². The molecule has 0 saturated carbocycles. The van der Waals surface area contributed by atoms with E-state index in [2.05, 4.69) is 32.2 Å². The van der Waals surface area contributed by atoms with E-state index in [0.29, 0.717) is 46.7 Å². The van der Waals surface area contributed by atoms with E-state index < -0.39 is 11.4 Å². The largest absolute Gasteiger partial charge is 0.493 e. The van der Waals surface area contributed by atoms with Crippen molar-refractivity contribution in [2.24, 2.45) is 0 Å². The summed E-state index contributed by atoms with van der Waals surface area (Å²) < 4.78 is 28.2. The Morgan fingerprint density at radius 1 is 1.13 bits per heavy atom. The van der Waals surface area contributed by atoms with Crippen molar-refractivity contribution in [2.45, 2.75) is 44.3 Å². The number of aliphatic hydroxyl groups is 1. The van der Waals surface area contributed by atoms with Gasteiger partial charge in [0, 0.05) is 37.2 Å². The van der Waals surface area contributed by atoms with Crippen molar-refractivity contribution < 1.29 is 19.0 Å². The fraction of sp³-hybridized carbons (Fsp3) is 0.393. The molecular weight excluding hydrogens is 487 g/mol. The Morgan fingerprint density at radius 3 is 2.74 bits per heavy atom. The lowest BCUT2D eigenvalue weighted by atomic mass is 10.0. The molecule has 9 nitrogen and oxygen atoms in total. The summed E-state index contributed by atoms with van der Waals surface area (Å²) in [6, 6.07) is 9.35. The van der Waals surface area contributed by atoms with Gasteiger partial charge in [0.05, 0.1) is 18.2 Å². The third kappa shape index (κ3) is 4.54. The van der Waals surface area contributed by atoms with Gasteiger partial charge in [-0.05, 0) is 63.4 Å². The van der Waals surface area contributed by atoms with E-state index in [1.165, 1.54) is 12.4 Å². The number of ether oxygens (including phenoxy) is 2. The second kappa shape index (κ2) is 9.52. The standard InChI is InChI=1S/C28H31FN6O3/c1-28(36)11-8-17-4-7-24(32-25(17)28)35-16-21(29)20-15-30-27(33-26(20)35)31-18-5-6-22(23(14-18)37-3)38-19-9-12-34(2)13-10-19/h4-7,14-16,19,36H,8-13H2,1-3H3,(H,30,31,33). The normalized spacial score (nSPS) is 20.0. The summed E-state index contributed by atoms with van der Waals surface area (Å²) in [7, 11) is 3.73. The van der Waals surface area contributed by atoms with Gasteiger partial charge in [0.2, 0.25) is 5.95 Å². The van der Waals surface area contributed by atoms with Gasteiger partial charge in [0.15, 0.2) is 23.0 Å². The second-order valence-corrected chi connectivity index (χ2v) is 10.3. The number of likely N-dealkylation sites (tertiary alicyclic amines) is 1. The van der Waals surface area contributed by atoms with Crippen LogP contribution in [0, 0.1) is 5.82 Å². The number of hydrogen-bond acceptors (Lipinski definition) is 8. The minimum absolute atomic E-state index is 0.156. The maximum atomic E-state index is 14.8. The highest BCUT2D eigenvalue weighted by Crippen LogP contribution is 2.36. The summed E-state index contributed by atoms with van der Waals surface area (Å²) in [5.41, 5.74) is 1.71. The van der Waals surface area contributed by atoms with Crippen molar-refractivity contribution in [2.75, 3.05) is 32.6 Å². The Labute approximate surface area is 220 Å². The van der Waals surface area contributed by atoms with Crippen LogP contribution in [-0.2, 0) is 12.0 Å². The number of pyridine rings is 1. The Bertz CT molecular complexity index is 1500. The Kier molecular flexibility index (Phi) is 6.16. The molecule has 4 aromatic rings. The molecule has 3 aromatic heterocycles. The van der Waals surface area contributed by atoms with Crippen LogP contribution in [0.4, 0.5) is 16.0 Å². The first-order valence-corrected chi connectivity index (χ1v) is 12.9. The molecule has 1 aliphatic carbocycles. The molecule has 10 heteroatoms. The Balaban J connectivity index is 1.27. The summed E-state index contributed by atoms with van der Waals surface area (Å²) >= 11 is 0. The molecule has 198 valence electrons. The summed E-state index contributed by atoms with van der Waals surface area (Å²) in [5, 5.41) is 14.2. The van der Waals surface area contributed by atoms with E-state index in [1.807, 2.05) is 30.3 Å². The maximum Gasteiger partial charge on any atom is 0.229 e. The number of anilines is 2. The minimum Gasteiger partial charge on any atom is -0.493 e. The van der Waals surface area contributed by atoms with Crippen LogP contribution in [-0.4, -0.2) is 62.9 Å². The summed E-state index contributed by atoms with van der Waals surface area (Å²) in [6.07, 6.45) is 6.28. The number of methoxy groups -OCH3 is 1. The van der Waals surface area contributed by atoms with Crippen molar-refractivity contribution in [3.05, 3.63) is 59.8 Å². The lowest BCUT2D eigenvalue weighted by molar-refractivity contribution is 0.0553. The molecule has 1 fully saturated rings. The lowest BCUT2D eigenvalue weighted by Crippen LogP contribution is -2.35. The van der Waals surface area contributed by atoms with E-state index in [-0.39, 0.29) is 11.5 Å². The van der Waals surface area contributed by atoms with Crippen LogP contribution in [0.5, 0.6) is 11.5 Å². The molecular formula is C28H31FN6O3. The van der Waals surface area contributed by atoms with Crippen molar-refractivity contribution in [3.8, 4) is 17.3 Å². The van der Waals surface area contributed by atoms with E-state index in [1.54, 1.807) is 18.6 Å². The number of aryl methyl sites for hydroxylation is 1. The van der Waals surface area contributed by atoms with Crippen molar-refractivity contribution in [3.63, 3.8) is 0 Å². The average molecular weight is 519 g/mol. The number of nitrogens with one attached hydrogen (secondary N) is 1. The summed E-state index contributed by atoms with van der Waals surface area (Å²) in [4.78, 5) is 15.9. The molecule has 0 bridgehead atoms. The van der Waals surface area contributed by atoms with Crippen molar-refractivity contribution >= 4 is 22.7 Å². The molecule has 1 unspecified atom stereocenters. The number of benzene rings is 1. The molecule has 1 aliphatic heterocycles. The molecule has 1 aromatic carbocycles. The van der Waals surface area contributed by atoms with Gasteiger partial charge >= 0.3 is 0 Å². The molecule has 6 rings (SSSR count). The van der Waals surface area contributed by atoms with Gasteiger partial charge in [0.1, 0.15) is 17.5 Å². The van der Waals surface area contributed by atoms with E-state index >= 15 is 0 Å². The van der Waals surface area contributed by atoms with Crippen molar-refractivity contribution in [1.29, 1.82) is 0 Å². The summed E-state index contributed by atoms with van der Waals surface area (Å²) in [5.74, 6) is 1.65. The lowest BCUT2D eigenvalue weighted by Gasteiger charge is -2.29. The van der Waals surface area contributed by atoms with E-state index in [9.17, 15) is 9.50 Å². The topological polar surface area (TPSA) is 97.6 Å². The number of fused-ring (bicyclic) bond motifs is 2. The predicted molar refractivity (Wildman–Crippen MR) is 142 cm³/mol. The average Bonchev–Trinajstić information content (AvgIpc) is 3.41. The van der Waals surface area contributed by atoms with Gasteiger partial charge in [-0.1, -0.05) is 6.07 Å². The fourth-order valence-corrected chi connectivity index (χ4v) is 5.23. The number of halogens is 1. The van der Waals surface area contributed by atoms with Crippen LogP contribution < -0.4 is 14.8 Å². The number of rotatable bonds is 6. The molecule has 38 heavy (non-hydrogen) atoms. The van der Waals surface area contributed by atoms with E-state index in [4.69, 9.17) is 9.47 Å².